The van der Waals surface area contributed by atoms with Crippen LogP contribution in [0.15, 0.2) is 24.3 Å². The van der Waals surface area contributed by atoms with Crippen molar-refractivity contribution in [2.75, 3.05) is 21.0 Å². The molecule has 2 heterocycles. The monoisotopic (exact) mass is 304 g/mol. The van der Waals surface area contributed by atoms with Gasteiger partial charge in [-0.2, -0.15) is 9.97 Å². The van der Waals surface area contributed by atoms with Crippen LogP contribution in [0.2, 0.25) is 0 Å². The van der Waals surface area contributed by atoms with Gasteiger partial charge in [-0.25, -0.2) is 0 Å². The number of benzene rings is 1. The maximum atomic E-state index is 5.16. The second-order valence-corrected chi connectivity index (χ2v) is 4.58. The van der Waals surface area contributed by atoms with Crippen LogP contribution >= 0.6 is 0 Å². The molecule has 0 atom stereocenters. The molecule has 0 bridgehead atoms. The summed E-state index contributed by atoms with van der Waals surface area (Å²) in [4.78, 5) is 8.21. The van der Waals surface area contributed by atoms with Crippen molar-refractivity contribution in [3.63, 3.8) is 0 Å². The third-order valence-electron chi connectivity index (χ3n) is 2.99. The summed E-state index contributed by atoms with van der Waals surface area (Å²) in [6.45, 7) is 4.37. The number of aromatic nitrogens is 2. The number of rotatable bonds is 3. The molecule has 6 heteroatoms. The topological polar surface area (TPSA) is 62.7 Å². The smallest absolute Gasteiger partial charge is 0.231 e. The zero-order valence-electron chi connectivity index (χ0n) is 13.3. The first kappa shape index (κ1) is 15.9. The van der Waals surface area contributed by atoms with Crippen LogP contribution in [0.4, 0.5) is 0 Å². The highest BCUT2D eigenvalue weighted by atomic mass is 16.7. The minimum Gasteiger partial charge on any atom is -0.481 e. The van der Waals surface area contributed by atoms with Crippen LogP contribution in [-0.4, -0.2) is 31.0 Å². The standard InChI is InChI=1S/C8H12N2O2.C8H8O2/c1-4-6-9-7(11-2)5-8(10-6)12-3;1-6-2-3-7-8(4-6)10-5-9-7/h5H,4H2,1-3H3;2-4H,5H2,1H3. The molecule has 0 amide bonds. The molecule has 6 nitrogen and oxygen atoms in total. The van der Waals surface area contributed by atoms with Crippen LogP contribution in [-0.2, 0) is 6.42 Å². The zero-order chi connectivity index (χ0) is 15.9. The molecular formula is C16H20N2O4. The van der Waals surface area contributed by atoms with E-state index in [2.05, 4.69) is 9.97 Å². The van der Waals surface area contributed by atoms with Crippen LogP contribution in [0.3, 0.4) is 0 Å². The Balaban J connectivity index is 0.000000162. The SMILES string of the molecule is CCc1nc(OC)cc(OC)n1.Cc1ccc2c(c1)OCO2. The highest BCUT2D eigenvalue weighted by Crippen LogP contribution is 2.31. The first-order chi connectivity index (χ1) is 10.7. The van der Waals surface area contributed by atoms with E-state index in [1.54, 1.807) is 20.3 Å². The summed E-state index contributed by atoms with van der Waals surface area (Å²) < 4.78 is 20.2. The average molecular weight is 304 g/mol. The van der Waals surface area contributed by atoms with Crippen molar-refractivity contribution in [3.05, 3.63) is 35.7 Å². The summed E-state index contributed by atoms with van der Waals surface area (Å²) in [7, 11) is 3.14. The van der Waals surface area contributed by atoms with Gasteiger partial charge in [0.25, 0.3) is 0 Å². The summed E-state index contributed by atoms with van der Waals surface area (Å²) in [5.41, 5.74) is 1.20. The predicted octanol–water partition coefficient (Wildman–Crippen LogP) is 2.78. The first-order valence-electron chi connectivity index (χ1n) is 6.98. The number of hydrogen-bond acceptors (Lipinski definition) is 6. The second-order valence-electron chi connectivity index (χ2n) is 4.58. The summed E-state index contributed by atoms with van der Waals surface area (Å²) in [6.07, 6.45) is 0.771. The summed E-state index contributed by atoms with van der Waals surface area (Å²) in [6, 6.07) is 7.56. The molecule has 0 aliphatic carbocycles. The van der Waals surface area contributed by atoms with Crippen LogP contribution in [0.1, 0.15) is 18.3 Å². The zero-order valence-corrected chi connectivity index (χ0v) is 13.3. The molecule has 22 heavy (non-hydrogen) atoms. The van der Waals surface area contributed by atoms with E-state index in [0.29, 0.717) is 18.6 Å². The van der Waals surface area contributed by atoms with Gasteiger partial charge in [0.05, 0.1) is 20.3 Å². The lowest BCUT2D eigenvalue weighted by Crippen LogP contribution is -1.98. The van der Waals surface area contributed by atoms with Crippen LogP contribution in [0, 0.1) is 6.92 Å². The first-order valence-corrected chi connectivity index (χ1v) is 6.98. The Morgan fingerprint density at radius 3 is 2.23 bits per heavy atom. The summed E-state index contributed by atoms with van der Waals surface area (Å²) in [5, 5.41) is 0. The van der Waals surface area contributed by atoms with E-state index in [9.17, 15) is 0 Å². The van der Waals surface area contributed by atoms with E-state index in [1.807, 2.05) is 32.0 Å². The molecule has 1 aromatic carbocycles. The Kier molecular flexibility index (Phi) is 5.41. The fourth-order valence-corrected chi connectivity index (χ4v) is 1.82. The molecule has 0 saturated carbocycles. The number of nitrogens with zero attached hydrogens (tertiary/aromatic N) is 2. The van der Waals surface area contributed by atoms with Crippen molar-refractivity contribution in [3.8, 4) is 23.3 Å². The van der Waals surface area contributed by atoms with Crippen LogP contribution in [0.25, 0.3) is 0 Å². The van der Waals surface area contributed by atoms with E-state index < -0.39 is 0 Å². The van der Waals surface area contributed by atoms with Crippen molar-refractivity contribution >= 4 is 0 Å². The van der Waals surface area contributed by atoms with Gasteiger partial charge in [0.15, 0.2) is 11.5 Å². The number of methoxy groups -OCH3 is 2. The second kappa shape index (κ2) is 7.49. The molecule has 1 aromatic heterocycles. The highest BCUT2D eigenvalue weighted by Gasteiger charge is 2.11. The maximum Gasteiger partial charge on any atom is 0.231 e. The van der Waals surface area contributed by atoms with Gasteiger partial charge in [0.2, 0.25) is 18.6 Å². The fraction of sp³-hybridized carbons (Fsp3) is 0.375. The summed E-state index contributed by atoms with van der Waals surface area (Å²) in [5.74, 6) is 3.52. The van der Waals surface area contributed by atoms with Gasteiger partial charge in [0.1, 0.15) is 5.82 Å². The normalized spacial score (nSPS) is 11.5. The maximum absolute atomic E-state index is 5.16. The van der Waals surface area contributed by atoms with Crippen molar-refractivity contribution in [1.82, 2.24) is 9.97 Å². The molecule has 0 N–H and O–H groups in total. The van der Waals surface area contributed by atoms with Gasteiger partial charge in [-0.15, -0.1) is 0 Å². The van der Waals surface area contributed by atoms with Gasteiger partial charge in [-0.3, -0.25) is 0 Å². The minimum atomic E-state index is 0.360. The van der Waals surface area contributed by atoms with Crippen molar-refractivity contribution in [1.29, 1.82) is 0 Å². The molecule has 0 saturated heterocycles. The largest absolute Gasteiger partial charge is 0.481 e. The number of aryl methyl sites for hydroxylation is 2. The minimum absolute atomic E-state index is 0.360. The average Bonchev–Trinajstić information content (AvgIpc) is 3.02. The molecule has 0 spiro atoms. The van der Waals surface area contributed by atoms with E-state index in [1.165, 1.54) is 5.56 Å². The lowest BCUT2D eigenvalue weighted by atomic mass is 10.2. The van der Waals surface area contributed by atoms with Crippen molar-refractivity contribution < 1.29 is 18.9 Å². The number of hydrogen-bond donors (Lipinski definition) is 0. The molecule has 0 radical (unpaired) electrons. The Bertz CT molecular complexity index is 576. The van der Waals surface area contributed by atoms with Crippen molar-refractivity contribution in [2.24, 2.45) is 0 Å². The lowest BCUT2D eigenvalue weighted by molar-refractivity contribution is 0.174. The number of ether oxygens (including phenoxy) is 4. The van der Waals surface area contributed by atoms with Crippen LogP contribution in [0.5, 0.6) is 23.3 Å². The van der Waals surface area contributed by atoms with Crippen molar-refractivity contribution in [2.45, 2.75) is 20.3 Å². The van der Waals surface area contributed by atoms with E-state index in [-0.39, 0.29) is 0 Å². The summed E-state index contributed by atoms with van der Waals surface area (Å²) >= 11 is 0. The molecule has 0 unspecified atom stereocenters. The molecular weight excluding hydrogens is 284 g/mol. The van der Waals surface area contributed by atoms with Gasteiger partial charge in [-0.1, -0.05) is 13.0 Å². The molecule has 0 fully saturated rings. The van der Waals surface area contributed by atoms with Gasteiger partial charge < -0.3 is 18.9 Å². The third-order valence-corrected chi connectivity index (χ3v) is 2.99. The lowest BCUT2D eigenvalue weighted by Gasteiger charge is -2.03. The quantitative estimate of drug-likeness (QED) is 0.869. The van der Waals surface area contributed by atoms with Gasteiger partial charge in [0, 0.05) is 6.42 Å². The molecule has 1 aliphatic heterocycles. The van der Waals surface area contributed by atoms with E-state index >= 15 is 0 Å². The Labute approximate surface area is 130 Å². The molecule has 3 rings (SSSR count). The van der Waals surface area contributed by atoms with E-state index in [0.717, 1.165) is 23.7 Å². The Morgan fingerprint density at radius 1 is 1.00 bits per heavy atom. The Hall–Kier alpha value is -2.50. The Morgan fingerprint density at radius 2 is 1.64 bits per heavy atom. The molecule has 2 aromatic rings. The predicted molar refractivity (Wildman–Crippen MR) is 81.8 cm³/mol. The fourth-order valence-electron chi connectivity index (χ4n) is 1.82. The third kappa shape index (κ3) is 4.00. The highest BCUT2D eigenvalue weighted by molar-refractivity contribution is 5.43. The van der Waals surface area contributed by atoms with Gasteiger partial charge in [-0.05, 0) is 24.6 Å². The van der Waals surface area contributed by atoms with Gasteiger partial charge >= 0.3 is 0 Å². The molecule has 118 valence electrons. The van der Waals surface area contributed by atoms with E-state index in [4.69, 9.17) is 18.9 Å². The van der Waals surface area contributed by atoms with Crippen LogP contribution < -0.4 is 18.9 Å². The number of fused-ring (bicyclic) bond motifs is 1. The molecule has 1 aliphatic rings.